The Morgan fingerprint density at radius 2 is 1.67 bits per heavy atom. The van der Waals surface area contributed by atoms with Crippen molar-refractivity contribution in [1.29, 1.82) is 0 Å². The second-order valence-corrected chi connectivity index (χ2v) is 4.85. The molecular weight excluding hydrogens is 290 g/mol. The maximum absolute atomic E-state index is 5.54. The van der Waals surface area contributed by atoms with E-state index in [9.17, 15) is 0 Å². The van der Waals surface area contributed by atoms with Gasteiger partial charge in [0.25, 0.3) is 0 Å². The molecule has 15 heavy (non-hydrogen) atoms. The van der Waals surface area contributed by atoms with Gasteiger partial charge in [0.05, 0.1) is 0 Å². The molecule has 0 radical (unpaired) electrons. The van der Waals surface area contributed by atoms with Crippen LogP contribution in [0.5, 0.6) is 0 Å². The van der Waals surface area contributed by atoms with E-state index in [2.05, 4.69) is 20.8 Å². The first kappa shape index (κ1) is 21.8. The minimum atomic E-state index is 0. The fraction of sp³-hybridized carbons (Fsp3) is 1.00. The summed E-state index contributed by atoms with van der Waals surface area (Å²) in [4.78, 5) is 0. The van der Waals surface area contributed by atoms with Crippen molar-refractivity contribution in [3.8, 4) is 0 Å². The molecule has 1 nitrogen and oxygen atoms in total. The van der Waals surface area contributed by atoms with Crippen LogP contribution in [0.2, 0.25) is 0 Å². The van der Waals surface area contributed by atoms with Crippen molar-refractivity contribution < 1.29 is 61.4 Å². The maximum atomic E-state index is 5.54. The zero-order valence-electron chi connectivity index (χ0n) is 9.47. The van der Waals surface area contributed by atoms with Gasteiger partial charge in [-0.2, -0.15) is 0 Å². The van der Waals surface area contributed by atoms with Crippen molar-refractivity contribution in [2.75, 3.05) is 0 Å². The van der Waals surface area contributed by atoms with Gasteiger partial charge in [0.2, 0.25) is 0 Å². The minimum absolute atomic E-state index is 0. The van der Waals surface area contributed by atoms with E-state index in [4.69, 9.17) is 3.32 Å². The van der Waals surface area contributed by atoms with Gasteiger partial charge < -0.3 is 37.2 Å². The van der Waals surface area contributed by atoms with E-state index in [0.29, 0.717) is 6.10 Å². The molecule has 0 aromatic heterocycles. The predicted octanol–water partition coefficient (Wildman–Crippen LogP) is -6.06. The van der Waals surface area contributed by atoms with E-state index < -0.39 is 0 Å². The van der Waals surface area contributed by atoms with Crippen molar-refractivity contribution in [3.63, 3.8) is 0 Å². The first-order valence-corrected chi connectivity index (χ1v) is 5.61. The molecule has 0 aromatic carbocycles. The molecule has 1 saturated carbocycles. The van der Waals surface area contributed by atoms with Crippen molar-refractivity contribution in [2.24, 2.45) is 17.8 Å². The molecule has 3 atom stereocenters. The molecule has 3 unspecified atom stereocenters. The van der Waals surface area contributed by atoms with Gasteiger partial charge in [0.15, 0.2) is 0 Å². The second-order valence-electron chi connectivity index (χ2n) is 4.48. The zero-order chi connectivity index (χ0) is 9.14. The fourth-order valence-electron chi connectivity index (χ4n) is 2.25. The van der Waals surface area contributed by atoms with Crippen molar-refractivity contribution in [2.45, 2.75) is 46.1 Å². The molecule has 0 amide bonds. The summed E-state index contributed by atoms with van der Waals surface area (Å²) in [6.07, 6.45) is 4.54. The van der Waals surface area contributed by atoms with Gasteiger partial charge >= 0.3 is 88.0 Å². The normalized spacial score (nSPS) is 29.9. The smallest absolute Gasteiger partial charge is 1.00 e. The summed E-state index contributed by atoms with van der Waals surface area (Å²) < 4.78 is 5.54. The van der Waals surface area contributed by atoms with Crippen LogP contribution in [-0.4, -0.2) is 6.10 Å². The molecule has 0 bridgehead atoms. The van der Waals surface area contributed by atoms with Gasteiger partial charge in [-0.3, -0.25) is 0 Å². The van der Waals surface area contributed by atoms with Crippen LogP contribution in [0.3, 0.4) is 0 Å². The fourth-order valence-corrected chi connectivity index (χ4v) is 2.67. The van der Waals surface area contributed by atoms with Crippen molar-refractivity contribution in [3.05, 3.63) is 0 Å². The first-order chi connectivity index (χ1) is 5.65. The van der Waals surface area contributed by atoms with E-state index in [1.54, 1.807) is 0 Å². The standard InChI is InChI=1S/C10H19O.3ClH.Ti/c1-7(2)9-5-4-8(3)6-10(9)11;;;;/h7-10H,4-6H2,1-3H3;3*1H;/q-1;;;;+4/p-3. The van der Waals surface area contributed by atoms with Gasteiger partial charge in [-0.1, -0.05) is 0 Å². The van der Waals surface area contributed by atoms with Crippen LogP contribution < -0.4 is 37.2 Å². The molecule has 0 spiro atoms. The molecule has 0 aliphatic heterocycles. The zero-order valence-corrected chi connectivity index (χ0v) is 13.3. The molecule has 0 saturated heterocycles. The molecule has 1 rings (SSSR count). The third-order valence-corrected chi connectivity index (χ3v) is 3.59. The average Bonchev–Trinajstić information content (AvgIpc) is 2.03. The largest absolute Gasteiger partial charge is 1.00 e. The topological polar surface area (TPSA) is 9.23 Å². The first-order valence-electron chi connectivity index (χ1n) is 4.97. The molecule has 0 aromatic rings. The van der Waals surface area contributed by atoms with Crippen LogP contribution >= 0.6 is 0 Å². The van der Waals surface area contributed by atoms with Crippen LogP contribution in [0.1, 0.15) is 40.0 Å². The third kappa shape index (κ3) is 6.76. The molecule has 1 aliphatic carbocycles. The summed E-state index contributed by atoms with van der Waals surface area (Å²) in [5.41, 5.74) is 0. The third-order valence-electron chi connectivity index (χ3n) is 3.11. The Bertz CT molecular complexity index is 147. The number of rotatable bonds is 2. The van der Waals surface area contributed by atoms with E-state index in [1.807, 2.05) is 20.8 Å². The molecular formula is C10H19Cl3OTi. The van der Waals surface area contributed by atoms with Gasteiger partial charge in [0, 0.05) is 0 Å². The summed E-state index contributed by atoms with van der Waals surface area (Å²) in [5, 5.41) is 0. The van der Waals surface area contributed by atoms with Crippen LogP contribution in [-0.2, 0) is 24.1 Å². The predicted molar refractivity (Wildman–Crippen MR) is 46.2 cm³/mol. The summed E-state index contributed by atoms with van der Waals surface area (Å²) >= 11 is 1.86. The van der Waals surface area contributed by atoms with Crippen molar-refractivity contribution in [1.82, 2.24) is 0 Å². The van der Waals surface area contributed by atoms with Gasteiger partial charge in [-0.05, 0) is 0 Å². The van der Waals surface area contributed by atoms with E-state index in [1.165, 1.54) is 19.3 Å². The van der Waals surface area contributed by atoms with E-state index in [0.717, 1.165) is 17.8 Å². The Hall–Kier alpha value is 1.54. The molecule has 0 N–H and O–H groups in total. The summed E-state index contributed by atoms with van der Waals surface area (Å²) in [7, 11) is 0. The Balaban J connectivity index is -0.000000480. The van der Waals surface area contributed by atoms with Crippen LogP contribution in [0.4, 0.5) is 0 Å². The number of halogens is 3. The van der Waals surface area contributed by atoms with Crippen molar-refractivity contribution >= 4 is 0 Å². The average molecular weight is 309 g/mol. The molecule has 1 fully saturated rings. The SMILES string of the molecule is CC1CCC(C(C)C)C([O][Ti+3])C1.[Cl-].[Cl-].[Cl-]. The summed E-state index contributed by atoms with van der Waals surface area (Å²) in [6, 6.07) is 0. The Morgan fingerprint density at radius 3 is 2.07 bits per heavy atom. The summed E-state index contributed by atoms with van der Waals surface area (Å²) in [5.74, 6) is 2.44. The van der Waals surface area contributed by atoms with Crippen LogP contribution in [0.15, 0.2) is 0 Å². The number of hydrogen-bond donors (Lipinski definition) is 0. The quantitative estimate of drug-likeness (QED) is 0.462. The van der Waals surface area contributed by atoms with Crippen LogP contribution in [0, 0.1) is 17.8 Å². The molecule has 0 heterocycles. The van der Waals surface area contributed by atoms with Gasteiger partial charge in [0.1, 0.15) is 0 Å². The Labute approximate surface area is 125 Å². The monoisotopic (exact) mass is 308 g/mol. The molecule has 90 valence electrons. The maximum Gasteiger partial charge on any atom is -1.00 e. The van der Waals surface area contributed by atoms with Gasteiger partial charge in [-0.25, -0.2) is 0 Å². The molecule has 5 heteroatoms. The van der Waals surface area contributed by atoms with E-state index in [-0.39, 0.29) is 37.2 Å². The Morgan fingerprint density at radius 1 is 1.13 bits per heavy atom. The van der Waals surface area contributed by atoms with E-state index >= 15 is 0 Å². The summed E-state index contributed by atoms with van der Waals surface area (Å²) in [6.45, 7) is 6.96. The van der Waals surface area contributed by atoms with Gasteiger partial charge in [-0.15, -0.1) is 0 Å². The second kappa shape index (κ2) is 10.7. The molecule has 1 aliphatic rings. The Kier molecular flexibility index (Phi) is 15.5. The van der Waals surface area contributed by atoms with Crippen LogP contribution in [0.25, 0.3) is 0 Å². The number of hydrogen-bond acceptors (Lipinski definition) is 1. The minimum Gasteiger partial charge on any atom is -1.00 e.